The van der Waals surface area contributed by atoms with Gasteiger partial charge in [0.2, 0.25) is 0 Å². The summed E-state index contributed by atoms with van der Waals surface area (Å²) in [6.45, 7) is 10.9. The first-order chi connectivity index (χ1) is 6.43. The van der Waals surface area contributed by atoms with Gasteiger partial charge in [-0.1, -0.05) is 6.08 Å². The maximum atomic E-state index is 5.27. The Morgan fingerprint density at radius 2 is 2.08 bits per heavy atom. The topological polar surface area (TPSA) is 24.5 Å². The first-order valence-electron chi connectivity index (χ1n) is 5.05. The molecule has 0 aromatic heterocycles. The van der Waals surface area contributed by atoms with E-state index in [0.717, 1.165) is 52.4 Å². The van der Waals surface area contributed by atoms with Crippen molar-refractivity contribution in [2.24, 2.45) is 0 Å². The smallest absolute Gasteiger partial charge is 0.0594 e. The van der Waals surface area contributed by atoms with Crippen molar-refractivity contribution in [1.29, 1.82) is 0 Å². The quantitative estimate of drug-likeness (QED) is 0.480. The maximum absolute atomic E-state index is 5.27. The van der Waals surface area contributed by atoms with Crippen LogP contribution in [0, 0.1) is 0 Å². The Labute approximate surface area is 80.8 Å². The third-order valence-corrected chi connectivity index (χ3v) is 2.23. The highest BCUT2D eigenvalue weighted by Gasteiger charge is 2.08. The molecule has 1 rings (SSSR count). The van der Waals surface area contributed by atoms with Crippen LogP contribution < -0.4 is 5.32 Å². The zero-order chi connectivity index (χ0) is 9.36. The lowest BCUT2D eigenvalue weighted by molar-refractivity contribution is 0.0385. The lowest BCUT2D eigenvalue weighted by atomic mass is 10.4. The van der Waals surface area contributed by atoms with Crippen LogP contribution >= 0.6 is 0 Å². The second-order valence-corrected chi connectivity index (χ2v) is 3.28. The van der Waals surface area contributed by atoms with Crippen LogP contribution in [0.25, 0.3) is 0 Å². The van der Waals surface area contributed by atoms with Gasteiger partial charge >= 0.3 is 0 Å². The Kier molecular flexibility index (Phi) is 5.81. The molecule has 1 N–H and O–H groups in total. The molecule has 0 radical (unpaired) electrons. The number of hydrogen-bond acceptors (Lipinski definition) is 3. The average Bonchev–Trinajstić information content (AvgIpc) is 2.19. The largest absolute Gasteiger partial charge is 0.379 e. The molecule has 0 saturated carbocycles. The Morgan fingerprint density at radius 1 is 1.31 bits per heavy atom. The molecule has 1 fully saturated rings. The molecule has 0 atom stereocenters. The van der Waals surface area contributed by atoms with E-state index in [9.17, 15) is 0 Å². The van der Waals surface area contributed by atoms with Gasteiger partial charge < -0.3 is 10.1 Å². The minimum atomic E-state index is 0.895. The Balaban J connectivity index is 1.89. The van der Waals surface area contributed by atoms with Crippen LogP contribution in [0.15, 0.2) is 12.7 Å². The van der Waals surface area contributed by atoms with Crippen molar-refractivity contribution >= 4 is 0 Å². The van der Waals surface area contributed by atoms with Gasteiger partial charge in [0.05, 0.1) is 13.2 Å². The van der Waals surface area contributed by atoms with Crippen molar-refractivity contribution in [2.75, 3.05) is 45.9 Å². The lowest BCUT2D eigenvalue weighted by Crippen LogP contribution is -2.40. The normalized spacial score (nSPS) is 18.8. The highest BCUT2D eigenvalue weighted by atomic mass is 16.5. The first kappa shape index (κ1) is 10.7. The molecule has 3 heteroatoms. The summed E-state index contributed by atoms with van der Waals surface area (Å²) in [5.41, 5.74) is 0. The molecule has 0 aromatic rings. The van der Waals surface area contributed by atoms with E-state index in [4.69, 9.17) is 4.74 Å². The highest BCUT2D eigenvalue weighted by molar-refractivity contribution is 4.68. The van der Waals surface area contributed by atoms with Crippen molar-refractivity contribution in [1.82, 2.24) is 10.2 Å². The van der Waals surface area contributed by atoms with E-state index in [0.29, 0.717) is 0 Å². The predicted molar refractivity (Wildman–Crippen MR) is 54.9 cm³/mol. The lowest BCUT2D eigenvalue weighted by Gasteiger charge is -2.26. The van der Waals surface area contributed by atoms with Crippen LogP contribution in [0.5, 0.6) is 0 Å². The van der Waals surface area contributed by atoms with Gasteiger partial charge in [-0.3, -0.25) is 4.90 Å². The summed E-state index contributed by atoms with van der Waals surface area (Å²) >= 11 is 0. The Bertz CT molecular complexity index is 133. The molecular formula is C10H20N2O. The third kappa shape index (κ3) is 5.03. The van der Waals surface area contributed by atoms with Gasteiger partial charge in [0.1, 0.15) is 0 Å². The molecule has 0 amide bonds. The molecule has 76 valence electrons. The van der Waals surface area contributed by atoms with Crippen LogP contribution in [0.4, 0.5) is 0 Å². The van der Waals surface area contributed by atoms with Crippen molar-refractivity contribution in [3.05, 3.63) is 12.7 Å². The molecule has 1 aliphatic rings. The van der Waals surface area contributed by atoms with E-state index in [1.807, 2.05) is 6.08 Å². The fraction of sp³-hybridized carbons (Fsp3) is 0.800. The summed E-state index contributed by atoms with van der Waals surface area (Å²) < 4.78 is 5.27. The van der Waals surface area contributed by atoms with Gasteiger partial charge in [0, 0.05) is 26.2 Å². The first-order valence-corrected chi connectivity index (χ1v) is 5.05. The van der Waals surface area contributed by atoms with Crippen LogP contribution in [0.3, 0.4) is 0 Å². The second-order valence-electron chi connectivity index (χ2n) is 3.28. The molecule has 3 nitrogen and oxygen atoms in total. The van der Waals surface area contributed by atoms with Gasteiger partial charge in [-0.2, -0.15) is 0 Å². The zero-order valence-corrected chi connectivity index (χ0v) is 8.30. The average molecular weight is 184 g/mol. The maximum Gasteiger partial charge on any atom is 0.0594 e. The van der Waals surface area contributed by atoms with E-state index in [1.54, 1.807) is 0 Å². The van der Waals surface area contributed by atoms with Crippen molar-refractivity contribution in [3.63, 3.8) is 0 Å². The molecule has 0 spiro atoms. The fourth-order valence-electron chi connectivity index (χ4n) is 1.39. The van der Waals surface area contributed by atoms with Gasteiger partial charge in [0.15, 0.2) is 0 Å². The summed E-state index contributed by atoms with van der Waals surface area (Å²) in [7, 11) is 0. The number of nitrogens with zero attached hydrogens (tertiary/aromatic N) is 1. The van der Waals surface area contributed by atoms with Gasteiger partial charge in [0.25, 0.3) is 0 Å². The Hall–Kier alpha value is -0.380. The summed E-state index contributed by atoms with van der Waals surface area (Å²) in [4.78, 5) is 2.43. The monoisotopic (exact) mass is 184 g/mol. The zero-order valence-electron chi connectivity index (χ0n) is 8.30. The number of nitrogens with one attached hydrogen (secondary N) is 1. The van der Waals surface area contributed by atoms with E-state index < -0.39 is 0 Å². The molecule has 13 heavy (non-hydrogen) atoms. The molecule has 1 aliphatic heterocycles. The molecular weight excluding hydrogens is 164 g/mol. The summed E-state index contributed by atoms with van der Waals surface area (Å²) in [6, 6.07) is 0. The fourth-order valence-corrected chi connectivity index (χ4v) is 1.39. The molecule has 0 aliphatic carbocycles. The molecule has 0 unspecified atom stereocenters. The van der Waals surface area contributed by atoms with Gasteiger partial charge in [-0.25, -0.2) is 0 Å². The van der Waals surface area contributed by atoms with Crippen LogP contribution in [-0.4, -0.2) is 50.8 Å². The summed E-state index contributed by atoms with van der Waals surface area (Å²) in [5.74, 6) is 0. The molecule has 1 heterocycles. The Morgan fingerprint density at radius 3 is 2.77 bits per heavy atom. The van der Waals surface area contributed by atoms with Crippen molar-refractivity contribution < 1.29 is 4.74 Å². The minimum Gasteiger partial charge on any atom is -0.379 e. The van der Waals surface area contributed by atoms with E-state index in [1.165, 1.54) is 0 Å². The number of morpholine rings is 1. The minimum absolute atomic E-state index is 0.895. The summed E-state index contributed by atoms with van der Waals surface area (Å²) in [5, 5.41) is 3.38. The van der Waals surface area contributed by atoms with Crippen LogP contribution in [0.1, 0.15) is 6.42 Å². The van der Waals surface area contributed by atoms with E-state index in [2.05, 4.69) is 16.8 Å². The number of ether oxygens (including phenoxy) is 1. The molecule has 1 saturated heterocycles. The van der Waals surface area contributed by atoms with Gasteiger partial charge in [-0.15, -0.1) is 6.58 Å². The number of rotatable bonds is 6. The SMILES string of the molecule is C=CCCNCCN1CCOCC1. The van der Waals surface area contributed by atoms with Gasteiger partial charge in [-0.05, 0) is 13.0 Å². The van der Waals surface area contributed by atoms with Crippen molar-refractivity contribution in [3.8, 4) is 0 Å². The highest BCUT2D eigenvalue weighted by Crippen LogP contribution is 1.94. The van der Waals surface area contributed by atoms with E-state index in [-0.39, 0.29) is 0 Å². The van der Waals surface area contributed by atoms with Crippen LogP contribution in [-0.2, 0) is 4.74 Å². The third-order valence-electron chi connectivity index (χ3n) is 2.23. The van der Waals surface area contributed by atoms with Crippen LogP contribution in [0.2, 0.25) is 0 Å². The van der Waals surface area contributed by atoms with Crippen molar-refractivity contribution in [2.45, 2.75) is 6.42 Å². The molecule has 0 bridgehead atoms. The number of hydrogen-bond donors (Lipinski definition) is 1. The standard InChI is InChI=1S/C10H20N2O/c1-2-3-4-11-5-6-12-7-9-13-10-8-12/h2,11H,1,3-10H2. The second kappa shape index (κ2) is 7.06. The predicted octanol–water partition coefficient (Wildman–Crippen LogP) is 0.484. The van der Waals surface area contributed by atoms with E-state index >= 15 is 0 Å². The molecule has 0 aromatic carbocycles. The summed E-state index contributed by atoms with van der Waals surface area (Å²) in [6.07, 6.45) is 3.00.